The Morgan fingerprint density at radius 2 is 1.72 bits per heavy atom. The van der Waals surface area contributed by atoms with E-state index in [4.69, 9.17) is 25.5 Å². The molecule has 3 atom stereocenters. The Bertz CT molecular complexity index is 607. The zero-order valence-electron chi connectivity index (χ0n) is 15.6. The van der Waals surface area contributed by atoms with Crippen LogP contribution in [-0.2, 0) is 19.1 Å². The standard InChI is InChI=1S/C14H22F2N2O4.C2HF3O2/c1-3-8(4-2)22-10-6-7(14(20)21)5-9(17)11(10)18-13(19)12(15)16;3-2(4,5)1(6)7/h6,8-12H,3-5,17H2,1-2H3,(H,18,19)(H,20,21);(H,6,7)/t9-,10+,11+;/m0./s1. The number of nitrogens with one attached hydrogen (secondary N) is 1. The first-order valence-electron chi connectivity index (χ1n) is 8.48. The summed E-state index contributed by atoms with van der Waals surface area (Å²) < 4.78 is 62.4. The van der Waals surface area contributed by atoms with Crippen LogP contribution in [0, 0.1) is 0 Å². The lowest BCUT2D eigenvalue weighted by atomic mass is 9.88. The maximum Gasteiger partial charge on any atom is 0.490 e. The van der Waals surface area contributed by atoms with Crippen molar-refractivity contribution in [1.82, 2.24) is 5.32 Å². The van der Waals surface area contributed by atoms with Crippen molar-refractivity contribution in [1.29, 1.82) is 0 Å². The summed E-state index contributed by atoms with van der Waals surface area (Å²) in [7, 11) is 0. The van der Waals surface area contributed by atoms with Gasteiger partial charge >= 0.3 is 24.5 Å². The van der Waals surface area contributed by atoms with Gasteiger partial charge < -0.3 is 26.0 Å². The van der Waals surface area contributed by atoms with E-state index in [9.17, 15) is 31.5 Å². The van der Waals surface area contributed by atoms with Gasteiger partial charge in [-0.3, -0.25) is 4.79 Å². The molecule has 1 aliphatic carbocycles. The highest BCUT2D eigenvalue weighted by molar-refractivity contribution is 5.87. The topological polar surface area (TPSA) is 139 Å². The molecule has 0 aromatic carbocycles. The van der Waals surface area contributed by atoms with E-state index in [2.05, 4.69) is 5.32 Å². The summed E-state index contributed by atoms with van der Waals surface area (Å²) in [5, 5.41) is 18.4. The second-order valence-electron chi connectivity index (χ2n) is 6.04. The van der Waals surface area contributed by atoms with Crippen molar-refractivity contribution in [3.05, 3.63) is 11.6 Å². The third-order valence-corrected chi connectivity index (χ3v) is 3.92. The Balaban J connectivity index is 0.000000956. The Labute approximate surface area is 162 Å². The van der Waals surface area contributed by atoms with Gasteiger partial charge in [-0.2, -0.15) is 22.0 Å². The number of rotatable bonds is 7. The summed E-state index contributed by atoms with van der Waals surface area (Å²) in [5.41, 5.74) is 5.92. The van der Waals surface area contributed by atoms with Crippen molar-refractivity contribution < 1.29 is 51.3 Å². The molecule has 13 heteroatoms. The Morgan fingerprint density at radius 1 is 1.24 bits per heavy atom. The van der Waals surface area contributed by atoms with Crippen LogP contribution in [0.4, 0.5) is 22.0 Å². The van der Waals surface area contributed by atoms with Gasteiger partial charge in [0.05, 0.1) is 18.2 Å². The number of halogens is 5. The van der Waals surface area contributed by atoms with E-state index < -0.39 is 48.6 Å². The maximum absolute atomic E-state index is 12.4. The summed E-state index contributed by atoms with van der Waals surface area (Å²) >= 11 is 0. The van der Waals surface area contributed by atoms with E-state index in [1.807, 2.05) is 13.8 Å². The first kappa shape index (κ1) is 26.7. The van der Waals surface area contributed by atoms with Crippen molar-refractivity contribution in [3.63, 3.8) is 0 Å². The Hall–Kier alpha value is -2.28. The fraction of sp³-hybridized carbons (Fsp3) is 0.688. The van der Waals surface area contributed by atoms with Crippen LogP contribution in [0.15, 0.2) is 11.6 Å². The van der Waals surface area contributed by atoms with Crippen molar-refractivity contribution in [2.24, 2.45) is 5.73 Å². The molecule has 0 heterocycles. The van der Waals surface area contributed by atoms with E-state index in [-0.39, 0.29) is 18.1 Å². The van der Waals surface area contributed by atoms with Crippen LogP contribution in [0.1, 0.15) is 33.1 Å². The van der Waals surface area contributed by atoms with E-state index in [1.165, 1.54) is 6.08 Å². The van der Waals surface area contributed by atoms with Gasteiger partial charge in [-0.1, -0.05) is 13.8 Å². The Morgan fingerprint density at radius 3 is 2.07 bits per heavy atom. The molecule has 0 aromatic rings. The maximum atomic E-state index is 12.4. The summed E-state index contributed by atoms with van der Waals surface area (Å²) in [4.78, 5) is 31.2. The molecule has 168 valence electrons. The van der Waals surface area contributed by atoms with Crippen LogP contribution in [0.5, 0.6) is 0 Å². The number of carboxylic acids is 2. The highest BCUT2D eigenvalue weighted by Gasteiger charge is 2.38. The number of carboxylic acid groups (broad SMARTS) is 2. The number of aliphatic carboxylic acids is 2. The monoisotopic (exact) mass is 434 g/mol. The molecule has 0 saturated heterocycles. The van der Waals surface area contributed by atoms with Crippen LogP contribution in [0.2, 0.25) is 0 Å². The quantitative estimate of drug-likeness (QED) is 0.447. The molecule has 1 rings (SSSR count). The largest absolute Gasteiger partial charge is 0.490 e. The molecular formula is C16H23F5N2O6. The number of amides is 1. The van der Waals surface area contributed by atoms with Crippen molar-refractivity contribution in [2.75, 3.05) is 0 Å². The van der Waals surface area contributed by atoms with E-state index >= 15 is 0 Å². The molecule has 0 spiro atoms. The van der Waals surface area contributed by atoms with Crippen molar-refractivity contribution in [3.8, 4) is 0 Å². The highest BCUT2D eigenvalue weighted by Crippen LogP contribution is 2.23. The van der Waals surface area contributed by atoms with E-state index in [0.29, 0.717) is 12.8 Å². The first-order valence-corrected chi connectivity index (χ1v) is 8.48. The summed E-state index contributed by atoms with van der Waals surface area (Å²) in [5.74, 6) is -5.33. The number of hydrogen-bond donors (Lipinski definition) is 4. The lowest BCUT2D eigenvalue weighted by molar-refractivity contribution is -0.192. The average molecular weight is 434 g/mol. The minimum Gasteiger partial charge on any atom is -0.478 e. The smallest absolute Gasteiger partial charge is 0.478 e. The number of ether oxygens (including phenoxy) is 1. The first-order chi connectivity index (χ1) is 13.2. The molecule has 0 fully saturated rings. The van der Waals surface area contributed by atoms with Gasteiger partial charge in [-0.05, 0) is 25.3 Å². The molecule has 0 aliphatic heterocycles. The fourth-order valence-corrected chi connectivity index (χ4v) is 2.40. The number of carbonyl (C=O) groups excluding carboxylic acids is 1. The Kier molecular flexibility index (Phi) is 10.7. The summed E-state index contributed by atoms with van der Waals surface area (Å²) in [6.45, 7) is 3.79. The van der Waals surface area contributed by atoms with Gasteiger partial charge in [0.1, 0.15) is 0 Å². The molecule has 5 N–H and O–H groups in total. The zero-order chi connectivity index (χ0) is 22.9. The average Bonchev–Trinajstić information content (AvgIpc) is 2.61. The zero-order valence-corrected chi connectivity index (χ0v) is 15.6. The van der Waals surface area contributed by atoms with Crippen molar-refractivity contribution in [2.45, 2.75) is 70.0 Å². The molecule has 1 amide bonds. The summed E-state index contributed by atoms with van der Waals surface area (Å²) in [6.07, 6.45) is -6.59. The molecule has 1 aliphatic rings. The van der Waals surface area contributed by atoms with Crippen LogP contribution < -0.4 is 11.1 Å². The predicted octanol–water partition coefficient (Wildman–Crippen LogP) is 1.69. The van der Waals surface area contributed by atoms with Crippen LogP contribution in [-0.4, -0.2) is 65.0 Å². The minimum absolute atomic E-state index is 0.0215. The van der Waals surface area contributed by atoms with Crippen LogP contribution >= 0.6 is 0 Å². The van der Waals surface area contributed by atoms with Gasteiger partial charge in [0.25, 0.3) is 5.91 Å². The third kappa shape index (κ3) is 9.17. The molecule has 0 aromatic heterocycles. The fourth-order valence-electron chi connectivity index (χ4n) is 2.40. The lowest BCUT2D eigenvalue weighted by Gasteiger charge is -2.36. The molecular weight excluding hydrogens is 411 g/mol. The van der Waals surface area contributed by atoms with Gasteiger partial charge in [0.15, 0.2) is 0 Å². The van der Waals surface area contributed by atoms with Crippen LogP contribution in [0.3, 0.4) is 0 Å². The van der Waals surface area contributed by atoms with Gasteiger partial charge in [-0.15, -0.1) is 0 Å². The SMILES string of the molecule is CCC(CC)O[C@@H]1C=C(C(=O)O)C[C@H](N)[C@H]1NC(=O)C(F)F.O=C(O)C(F)(F)F. The van der Waals surface area contributed by atoms with Gasteiger partial charge in [0.2, 0.25) is 0 Å². The van der Waals surface area contributed by atoms with Gasteiger partial charge in [-0.25, -0.2) is 9.59 Å². The van der Waals surface area contributed by atoms with Crippen LogP contribution in [0.25, 0.3) is 0 Å². The number of alkyl halides is 5. The van der Waals surface area contributed by atoms with E-state index in [0.717, 1.165) is 0 Å². The molecule has 0 radical (unpaired) electrons. The van der Waals surface area contributed by atoms with Gasteiger partial charge in [0, 0.05) is 11.6 Å². The molecule has 0 saturated carbocycles. The number of nitrogens with two attached hydrogens (primary N) is 1. The number of hydrogen-bond acceptors (Lipinski definition) is 5. The second kappa shape index (κ2) is 11.7. The molecule has 29 heavy (non-hydrogen) atoms. The normalized spacial score (nSPS) is 21.9. The third-order valence-electron chi connectivity index (χ3n) is 3.92. The second-order valence-corrected chi connectivity index (χ2v) is 6.04. The summed E-state index contributed by atoms with van der Waals surface area (Å²) in [6, 6.07) is -1.69. The number of carbonyl (C=O) groups is 3. The molecule has 8 nitrogen and oxygen atoms in total. The lowest BCUT2D eigenvalue weighted by Crippen LogP contribution is -2.58. The van der Waals surface area contributed by atoms with E-state index in [1.54, 1.807) is 0 Å². The van der Waals surface area contributed by atoms with Crippen molar-refractivity contribution >= 4 is 17.8 Å². The minimum atomic E-state index is -5.08. The molecule has 0 unspecified atom stereocenters. The molecule has 0 bridgehead atoms. The predicted molar refractivity (Wildman–Crippen MR) is 89.2 cm³/mol. The highest BCUT2D eigenvalue weighted by atomic mass is 19.4.